The van der Waals surface area contributed by atoms with Crippen LogP contribution in [0.25, 0.3) is 0 Å². The predicted octanol–water partition coefficient (Wildman–Crippen LogP) is 1.16. The smallest absolute Gasteiger partial charge is 0.0469 e. The summed E-state index contributed by atoms with van der Waals surface area (Å²) in [6.07, 6.45) is 5.15. The molecule has 4 heteroatoms. The Bertz CT molecular complexity index is 193. The van der Waals surface area contributed by atoms with Crippen molar-refractivity contribution in [2.75, 3.05) is 32.6 Å². The van der Waals surface area contributed by atoms with Gasteiger partial charge in [0, 0.05) is 35.5 Å². The maximum Gasteiger partial charge on any atom is 0.0469 e. The Morgan fingerprint density at radius 2 is 2.13 bits per heavy atom. The summed E-state index contributed by atoms with van der Waals surface area (Å²) in [5.74, 6) is 0.779. The van der Waals surface area contributed by atoms with Crippen LogP contribution < -0.4 is 5.32 Å². The summed E-state index contributed by atoms with van der Waals surface area (Å²) in [4.78, 5) is 0. The Labute approximate surface area is 95.4 Å². The molecule has 1 heterocycles. The highest BCUT2D eigenvalue weighted by Crippen LogP contribution is 2.13. The molecule has 0 aromatic heterocycles. The van der Waals surface area contributed by atoms with Crippen LogP contribution in [-0.4, -0.2) is 42.0 Å². The fraction of sp³-hybridized carbons (Fsp3) is 1.00. The summed E-state index contributed by atoms with van der Waals surface area (Å²) < 4.78 is 16.4. The lowest BCUT2D eigenvalue weighted by atomic mass is 10.0. The maximum absolute atomic E-state index is 11.1. The molecule has 0 bridgehead atoms. The highest BCUT2D eigenvalue weighted by atomic mass is 32.2. The van der Waals surface area contributed by atoms with Crippen LogP contribution in [0.15, 0.2) is 0 Å². The molecule has 1 saturated heterocycles. The quantitative estimate of drug-likeness (QED) is 0.700. The lowest BCUT2D eigenvalue weighted by Gasteiger charge is -2.22. The van der Waals surface area contributed by atoms with Crippen molar-refractivity contribution in [2.24, 2.45) is 5.92 Å². The Morgan fingerprint density at radius 3 is 2.73 bits per heavy atom. The van der Waals surface area contributed by atoms with E-state index in [4.69, 9.17) is 4.74 Å². The second-order valence-corrected chi connectivity index (χ2v) is 6.16. The highest BCUT2D eigenvalue weighted by molar-refractivity contribution is 7.84. The summed E-state index contributed by atoms with van der Waals surface area (Å²) in [6.45, 7) is 5.96. The normalized spacial score (nSPS) is 22.5. The van der Waals surface area contributed by atoms with Crippen LogP contribution in [0.3, 0.4) is 0 Å². The van der Waals surface area contributed by atoms with E-state index < -0.39 is 10.8 Å². The van der Waals surface area contributed by atoms with E-state index in [2.05, 4.69) is 5.32 Å². The molecule has 0 aromatic carbocycles. The molecule has 0 aromatic rings. The number of ether oxygens (including phenoxy) is 1. The SMILES string of the molecule is CC(CCNCC1CCOCC1)S(C)=O. The van der Waals surface area contributed by atoms with Crippen molar-refractivity contribution >= 4 is 10.8 Å². The van der Waals surface area contributed by atoms with Gasteiger partial charge in [-0.15, -0.1) is 0 Å². The van der Waals surface area contributed by atoms with Crippen molar-refractivity contribution in [2.45, 2.75) is 31.4 Å². The topological polar surface area (TPSA) is 38.3 Å². The third kappa shape index (κ3) is 5.64. The third-order valence-electron chi connectivity index (χ3n) is 3.07. The molecule has 1 aliphatic heterocycles. The zero-order valence-electron chi connectivity index (χ0n) is 9.83. The van der Waals surface area contributed by atoms with Crippen molar-refractivity contribution in [1.29, 1.82) is 0 Å². The van der Waals surface area contributed by atoms with Gasteiger partial charge in [-0.05, 0) is 38.3 Å². The maximum atomic E-state index is 11.1. The summed E-state index contributed by atoms with van der Waals surface area (Å²) in [6, 6.07) is 0. The summed E-state index contributed by atoms with van der Waals surface area (Å²) in [5, 5.41) is 3.76. The zero-order chi connectivity index (χ0) is 11.1. The minimum Gasteiger partial charge on any atom is -0.381 e. The van der Waals surface area contributed by atoms with Crippen molar-refractivity contribution in [3.05, 3.63) is 0 Å². The first-order chi connectivity index (χ1) is 7.20. The van der Waals surface area contributed by atoms with Crippen LogP contribution in [0.4, 0.5) is 0 Å². The summed E-state index contributed by atoms with van der Waals surface area (Å²) >= 11 is 0. The van der Waals surface area contributed by atoms with E-state index in [1.54, 1.807) is 6.26 Å². The van der Waals surface area contributed by atoms with E-state index in [0.29, 0.717) is 5.25 Å². The average Bonchev–Trinajstić information content (AvgIpc) is 2.25. The van der Waals surface area contributed by atoms with Gasteiger partial charge in [-0.2, -0.15) is 0 Å². The Morgan fingerprint density at radius 1 is 1.47 bits per heavy atom. The van der Waals surface area contributed by atoms with Crippen LogP contribution in [-0.2, 0) is 15.5 Å². The molecule has 0 saturated carbocycles. The van der Waals surface area contributed by atoms with Crippen LogP contribution in [0.2, 0.25) is 0 Å². The first-order valence-electron chi connectivity index (χ1n) is 5.81. The molecule has 2 atom stereocenters. The molecule has 2 unspecified atom stereocenters. The first-order valence-corrected chi connectivity index (χ1v) is 7.43. The molecule has 0 radical (unpaired) electrons. The average molecular weight is 233 g/mol. The van der Waals surface area contributed by atoms with Crippen LogP contribution >= 0.6 is 0 Å². The molecule has 1 rings (SSSR count). The predicted molar refractivity (Wildman–Crippen MR) is 64.6 cm³/mol. The number of nitrogens with one attached hydrogen (secondary N) is 1. The molecule has 3 nitrogen and oxygen atoms in total. The third-order valence-corrected chi connectivity index (χ3v) is 4.44. The highest BCUT2D eigenvalue weighted by Gasteiger charge is 2.13. The minimum absolute atomic E-state index is 0.312. The Hall–Kier alpha value is 0.0700. The molecule has 0 amide bonds. The van der Waals surface area contributed by atoms with Crippen LogP contribution in [0.5, 0.6) is 0 Å². The summed E-state index contributed by atoms with van der Waals surface area (Å²) in [5.41, 5.74) is 0. The molecule has 90 valence electrons. The molecule has 0 aliphatic carbocycles. The number of rotatable bonds is 6. The van der Waals surface area contributed by atoms with E-state index in [-0.39, 0.29) is 0 Å². The molecule has 0 spiro atoms. The van der Waals surface area contributed by atoms with Crippen LogP contribution in [0, 0.1) is 5.92 Å². The molecule has 1 aliphatic rings. The second-order valence-electron chi connectivity index (χ2n) is 4.36. The van der Waals surface area contributed by atoms with E-state index >= 15 is 0 Å². The second kappa shape index (κ2) is 7.36. The number of hydrogen-bond donors (Lipinski definition) is 1. The van der Waals surface area contributed by atoms with Gasteiger partial charge in [-0.1, -0.05) is 6.92 Å². The first kappa shape index (κ1) is 13.1. The van der Waals surface area contributed by atoms with Gasteiger partial charge in [-0.25, -0.2) is 0 Å². The fourth-order valence-electron chi connectivity index (χ4n) is 1.73. The van der Waals surface area contributed by atoms with Crippen molar-refractivity contribution in [3.8, 4) is 0 Å². The van der Waals surface area contributed by atoms with Gasteiger partial charge >= 0.3 is 0 Å². The Balaban J connectivity index is 1.98. The fourth-order valence-corrected chi connectivity index (χ4v) is 2.18. The summed E-state index contributed by atoms with van der Waals surface area (Å²) in [7, 11) is -0.679. The van der Waals surface area contributed by atoms with Crippen molar-refractivity contribution in [1.82, 2.24) is 5.32 Å². The lowest BCUT2D eigenvalue weighted by molar-refractivity contribution is 0.0663. The minimum atomic E-state index is -0.679. The van der Waals surface area contributed by atoms with Gasteiger partial charge in [0.1, 0.15) is 0 Å². The van der Waals surface area contributed by atoms with Crippen molar-refractivity contribution in [3.63, 3.8) is 0 Å². The molecule has 15 heavy (non-hydrogen) atoms. The molecule has 1 fully saturated rings. The molecule has 1 N–H and O–H groups in total. The van der Waals surface area contributed by atoms with Gasteiger partial charge in [0.2, 0.25) is 0 Å². The van der Waals surface area contributed by atoms with Gasteiger partial charge in [0.15, 0.2) is 0 Å². The molecular weight excluding hydrogens is 210 g/mol. The van der Waals surface area contributed by atoms with Gasteiger partial charge in [0.25, 0.3) is 0 Å². The van der Waals surface area contributed by atoms with Gasteiger partial charge in [0.05, 0.1) is 0 Å². The van der Waals surface area contributed by atoms with Crippen molar-refractivity contribution < 1.29 is 8.95 Å². The van der Waals surface area contributed by atoms with E-state index in [0.717, 1.165) is 38.6 Å². The largest absolute Gasteiger partial charge is 0.381 e. The molecular formula is C11H23NO2S. The van der Waals surface area contributed by atoms with Gasteiger partial charge in [-0.3, -0.25) is 4.21 Å². The number of hydrogen-bond acceptors (Lipinski definition) is 3. The standard InChI is InChI=1S/C11H23NO2S/c1-10(15(2)13)3-6-12-9-11-4-7-14-8-5-11/h10-12H,3-9H2,1-2H3. The van der Waals surface area contributed by atoms with Crippen LogP contribution in [0.1, 0.15) is 26.2 Å². The Kier molecular flexibility index (Phi) is 6.45. The zero-order valence-corrected chi connectivity index (χ0v) is 10.6. The lowest BCUT2D eigenvalue weighted by Crippen LogP contribution is -2.29. The van der Waals surface area contributed by atoms with E-state index in [1.807, 2.05) is 6.92 Å². The van der Waals surface area contributed by atoms with E-state index in [9.17, 15) is 4.21 Å². The van der Waals surface area contributed by atoms with E-state index in [1.165, 1.54) is 12.8 Å². The monoisotopic (exact) mass is 233 g/mol. The van der Waals surface area contributed by atoms with Gasteiger partial charge < -0.3 is 10.1 Å².